The van der Waals surface area contributed by atoms with E-state index in [1.807, 2.05) is 13.1 Å². The molecule has 0 aromatic carbocycles. The Bertz CT molecular complexity index is 251. The summed E-state index contributed by atoms with van der Waals surface area (Å²) in [5.41, 5.74) is 0.929. The second kappa shape index (κ2) is 5.19. The normalized spacial score (nSPS) is 13.2. The Morgan fingerprint density at radius 1 is 1.69 bits per heavy atom. The van der Waals surface area contributed by atoms with Crippen LogP contribution in [0.2, 0.25) is 0 Å². The quantitative estimate of drug-likeness (QED) is 0.677. The smallest absolute Gasteiger partial charge is 0.0839 e. The molecular formula is C8H14ClN3O. The molecule has 1 aromatic heterocycles. The molecule has 1 atom stereocenters. The van der Waals surface area contributed by atoms with Crippen LogP contribution in [0.25, 0.3) is 0 Å². The molecule has 0 aliphatic heterocycles. The SMILES string of the molecule is COCC(C)n1cc(CCCl)nn1. The molecule has 1 unspecified atom stereocenters. The fourth-order valence-corrected chi connectivity index (χ4v) is 1.25. The molecule has 5 heteroatoms. The molecule has 0 saturated carbocycles. The molecule has 1 rings (SSSR count). The van der Waals surface area contributed by atoms with Crippen LogP contribution >= 0.6 is 11.6 Å². The summed E-state index contributed by atoms with van der Waals surface area (Å²) in [6.07, 6.45) is 2.67. The number of ether oxygens (including phenoxy) is 1. The van der Waals surface area contributed by atoms with Crippen molar-refractivity contribution in [3.8, 4) is 0 Å². The highest BCUT2D eigenvalue weighted by Crippen LogP contribution is 2.05. The first-order valence-corrected chi connectivity index (χ1v) is 4.77. The van der Waals surface area contributed by atoms with Crippen molar-refractivity contribution in [2.75, 3.05) is 19.6 Å². The lowest BCUT2D eigenvalue weighted by Crippen LogP contribution is -2.11. The highest BCUT2D eigenvalue weighted by molar-refractivity contribution is 6.17. The van der Waals surface area contributed by atoms with E-state index in [0.29, 0.717) is 12.5 Å². The van der Waals surface area contributed by atoms with E-state index < -0.39 is 0 Å². The zero-order valence-electron chi connectivity index (χ0n) is 7.90. The molecule has 0 N–H and O–H groups in total. The Morgan fingerprint density at radius 3 is 3.08 bits per heavy atom. The van der Waals surface area contributed by atoms with Gasteiger partial charge in [0.1, 0.15) is 0 Å². The molecule has 0 aliphatic carbocycles. The topological polar surface area (TPSA) is 39.9 Å². The molecule has 0 fully saturated rings. The number of hydrogen-bond donors (Lipinski definition) is 0. The summed E-state index contributed by atoms with van der Waals surface area (Å²) in [5, 5.41) is 7.96. The van der Waals surface area contributed by atoms with Gasteiger partial charge in [-0.15, -0.1) is 16.7 Å². The van der Waals surface area contributed by atoms with Crippen LogP contribution in [0.3, 0.4) is 0 Å². The van der Waals surface area contributed by atoms with Gasteiger partial charge in [-0.1, -0.05) is 5.21 Å². The minimum Gasteiger partial charge on any atom is -0.382 e. The van der Waals surface area contributed by atoms with Gasteiger partial charge in [0.2, 0.25) is 0 Å². The Labute approximate surface area is 82.8 Å². The number of halogens is 1. The van der Waals surface area contributed by atoms with Gasteiger partial charge in [0, 0.05) is 25.6 Å². The van der Waals surface area contributed by atoms with Crippen LogP contribution < -0.4 is 0 Å². The van der Waals surface area contributed by atoms with E-state index in [1.165, 1.54) is 0 Å². The van der Waals surface area contributed by atoms with Crippen molar-refractivity contribution in [1.82, 2.24) is 15.0 Å². The third kappa shape index (κ3) is 2.97. The van der Waals surface area contributed by atoms with Gasteiger partial charge >= 0.3 is 0 Å². The highest BCUT2D eigenvalue weighted by Gasteiger charge is 2.06. The number of aryl methyl sites for hydroxylation is 1. The number of rotatable bonds is 5. The maximum Gasteiger partial charge on any atom is 0.0839 e. The largest absolute Gasteiger partial charge is 0.382 e. The van der Waals surface area contributed by atoms with Crippen LogP contribution in [0.1, 0.15) is 18.7 Å². The van der Waals surface area contributed by atoms with E-state index in [0.717, 1.165) is 12.1 Å². The van der Waals surface area contributed by atoms with Crippen molar-refractivity contribution in [3.05, 3.63) is 11.9 Å². The lowest BCUT2D eigenvalue weighted by Gasteiger charge is -2.08. The minimum atomic E-state index is 0.224. The number of alkyl halides is 1. The van der Waals surface area contributed by atoms with Crippen molar-refractivity contribution < 1.29 is 4.74 Å². The molecule has 0 radical (unpaired) electrons. The van der Waals surface area contributed by atoms with Crippen LogP contribution in [0.15, 0.2) is 6.20 Å². The minimum absolute atomic E-state index is 0.224. The Hall–Kier alpha value is -0.610. The van der Waals surface area contributed by atoms with Gasteiger partial charge in [0.25, 0.3) is 0 Å². The fourth-order valence-electron chi connectivity index (χ4n) is 1.06. The molecule has 74 valence electrons. The van der Waals surface area contributed by atoms with Crippen molar-refractivity contribution in [3.63, 3.8) is 0 Å². The van der Waals surface area contributed by atoms with Gasteiger partial charge in [-0.05, 0) is 6.92 Å². The summed E-state index contributed by atoms with van der Waals surface area (Å²) in [6.45, 7) is 2.67. The second-order valence-electron chi connectivity index (χ2n) is 2.93. The van der Waals surface area contributed by atoms with Crippen molar-refractivity contribution >= 4 is 11.6 Å². The maximum atomic E-state index is 5.58. The van der Waals surface area contributed by atoms with Gasteiger partial charge in [0.05, 0.1) is 18.3 Å². The van der Waals surface area contributed by atoms with Crippen LogP contribution in [-0.2, 0) is 11.2 Å². The predicted molar refractivity (Wildman–Crippen MR) is 51.0 cm³/mol. The molecule has 0 spiro atoms. The van der Waals surface area contributed by atoms with E-state index in [2.05, 4.69) is 10.3 Å². The van der Waals surface area contributed by atoms with Crippen molar-refractivity contribution in [1.29, 1.82) is 0 Å². The zero-order chi connectivity index (χ0) is 9.68. The van der Waals surface area contributed by atoms with Crippen LogP contribution in [0.4, 0.5) is 0 Å². The van der Waals surface area contributed by atoms with Crippen molar-refractivity contribution in [2.24, 2.45) is 0 Å². The van der Waals surface area contributed by atoms with E-state index in [4.69, 9.17) is 16.3 Å². The van der Waals surface area contributed by atoms with Gasteiger partial charge in [0.15, 0.2) is 0 Å². The van der Waals surface area contributed by atoms with E-state index >= 15 is 0 Å². The van der Waals surface area contributed by atoms with E-state index in [-0.39, 0.29) is 6.04 Å². The predicted octanol–water partition coefficient (Wildman–Crippen LogP) is 1.27. The number of nitrogens with zero attached hydrogens (tertiary/aromatic N) is 3. The lowest BCUT2D eigenvalue weighted by atomic mass is 10.3. The van der Waals surface area contributed by atoms with Crippen molar-refractivity contribution in [2.45, 2.75) is 19.4 Å². The summed E-state index contributed by atoms with van der Waals surface area (Å²) in [4.78, 5) is 0. The molecule has 13 heavy (non-hydrogen) atoms. The molecule has 0 aliphatic rings. The second-order valence-corrected chi connectivity index (χ2v) is 3.31. The van der Waals surface area contributed by atoms with Crippen LogP contribution in [0.5, 0.6) is 0 Å². The van der Waals surface area contributed by atoms with Crippen LogP contribution in [0, 0.1) is 0 Å². The third-order valence-electron chi connectivity index (χ3n) is 1.77. The Kier molecular flexibility index (Phi) is 4.18. The zero-order valence-corrected chi connectivity index (χ0v) is 8.66. The molecule has 0 saturated heterocycles. The molecule has 0 amide bonds. The van der Waals surface area contributed by atoms with Gasteiger partial charge in [-0.3, -0.25) is 0 Å². The van der Waals surface area contributed by atoms with Gasteiger partial charge in [-0.25, -0.2) is 4.68 Å². The van der Waals surface area contributed by atoms with Gasteiger partial charge in [-0.2, -0.15) is 0 Å². The average molecular weight is 204 g/mol. The highest BCUT2D eigenvalue weighted by atomic mass is 35.5. The van der Waals surface area contributed by atoms with Gasteiger partial charge < -0.3 is 4.74 Å². The van der Waals surface area contributed by atoms with Crippen LogP contribution in [-0.4, -0.2) is 34.6 Å². The first kappa shape index (κ1) is 10.5. The maximum absolute atomic E-state index is 5.58. The lowest BCUT2D eigenvalue weighted by molar-refractivity contribution is 0.156. The fraction of sp³-hybridized carbons (Fsp3) is 0.750. The van der Waals surface area contributed by atoms with E-state index in [9.17, 15) is 0 Å². The standard InChI is InChI=1S/C8H14ClN3O/c1-7(6-13-2)12-5-8(3-4-9)10-11-12/h5,7H,3-4,6H2,1-2H3. The summed E-state index contributed by atoms with van der Waals surface area (Å²) < 4.78 is 6.81. The number of methoxy groups -OCH3 is 1. The molecule has 0 bridgehead atoms. The Balaban J connectivity index is 2.56. The Morgan fingerprint density at radius 2 is 2.46 bits per heavy atom. The number of hydrogen-bond acceptors (Lipinski definition) is 3. The summed E-state index contributed by atoms with van der Waals surface area (Å²) in [5.74, 6) is 0.581. The molecule has 4 nitrogen and oxygen atoms in total. The molecule has 1 aromatic rings. The summed E-state index contributed by atoms with van der Waals surface area (Å²) in [6, 6.07) is 0.224. The summed E-state index contributed by atoms with van der Waals surface area (Å²) >= 11 is 5.58. The first-order chi connectivity index (χ1) is 6.27. The third-order valence-corrected chi connectivity index (χ3v) is 1.96. The molecule has 1 heterocycles. The summed E-state index contributed by atoms with van der Waals surface area (Å²) in [7, 11) is 1.67. The number of aromatic nitrogens is 3. The molecular weight excluding hydrogens is 190 g/mol. The van der Waals surface area contributed by atoms with E-state index in [1.54, 1.807) is 11.8 Å². The first-order valence-electron chi connectivity index (χ1n) is 4.23. The monoisotopic (exact) mass is 203 g/mol. The average Bonchev–Trinajstić information content (AvgIpc) is 2.54.